The Balaban J connectivity index is 2.29. The van der Waals surface area contributed by atoms with Crippen LogP contribution in [0.1, 0.15) is 12.8 Å². The van der Waals surface area contributed by atoms with E-state index in [1.54, 1.807) is 4.90 Å². The first-order valence-electron chi connectivity index (χ1n) is 4.65. The van der Waals surface area contributed by atoms with Crippen molar-refractivity contribution in [2.45, 2.75) is 18.4 Å². The van der Waals surface area contributed by atoms with Crippen LogP contribution in [0.25, 0.3) is 0 Å². The fourth-order valence-corrected chi connectivity index (χ4v) is 4.10. The van der Waals surface area contributed by atoms with Gasteiger partial charge in [-0.25, -0.2) is 8.42 Å². The van der Waals surface area contributed by atoms with Gasteiger partial charge in [-0.05, 0) is 12.8 Å². The molecule has 0 aromatic heterocycles. The van der Waals surface area contributed by atoms with Crippen LogP contribution >= 0.6 is 0 Å². The molecule has 80 valence electrons. The molecular weight excluding hydrogens is 206 g/mol. The number of hydrogen-bond acceptors (Lipinski definition) is 4. The first-order valence-corrected chi connectivity index (χ1v) is 6.47. The summed E-state index contributed by atoms with van der Waals surface area (Å²) >= 11 is 0. The molecule has 0 bridgehead atoms. The molecule has 2 fully saturated rings. The van der Waals surface area contributed by atoms with E-state index in [0.29, 0.717) is 13.1 Å². The number of carboxylic acids is 1. The Labute approximate surface area is 82.6 Å². The molecule has 0 spiro atoms. The fraction of sp³-hybridized carbons (Fsp3) is 0.875. The molecule has 14 heavy (non-hydrogen) atoms. The highest BCUT2D eigenvalue weighted by Gasteiger charge is 2.53. The van der Waals surface area contributed by atoms with Crippen molar-refractivity contribution in [3.05, 3.63) is 0 Å². The molecule has 0 aromatic rings. The van der Waals surface area contributed by atoms with Crippen molar-refractivity contribution in [2.75, 3.05) is 24.6 Å². The fourth-order valence-electron chi connectivity index (χ4n) is 2.13. The average molecular weight is 219 g/mol. The molecule has 5 nitrogen and oxygen atoms in total. The maximum absolute atomic E-state index is 11.3. The molecule has 2 heterocycles. The summed E-state index contributed by atoms with van der Waals surface area (Å²) in [6.07, 6.45) is 1.21. The Morgan fingerprint density at radius 2 is 2.00 bits per heavy atom. The first-order chi connectivity index (χ1) is 6.46. The molecule has 1 N–H and O–H groups in total. The summed E-state index contributed by atoms with van der Waals surface area (Å²) in [6, 6.07) is 0. The van der Waals surface area contributed by atoms with Gasteiger partial charge in [-0.1, -0.05) is 0 Å². The summed E-state index contributed by atoms with van der Waals surface area (Å²) in [7, 11) is -3.14. The molecular formula is C8H13NO4S. The van der Waals surface area contributed by atoms with Crippen LogP contribution in [0.15, 0.2) is 0 Å². The minimum Gasteiger partial charge on any atom is -0.480 e. The molecule has 0 amide bonds. The van der Waals surface area contributed by atoms with Crippen molar-refractivity contribution in [1.29, 1.82) is 0 Å². The molecule has 1 atom stereocenters. The summed E-state index contributed by atoms with van der Waals surface area (Å²) in [5.41, 5.74) is -1.11. The van der Waals surface area contributed by atoms with Crippen LogP contribution < -0.4 is 0 Å². The Morgan fingerprint density at radius 1 is 1.36 bits per heavy atom. The van der Waals surface area contributed by atoms with E-state index in [2.05, 4.69) is 0 Å². The smallest absolute Gasteiger partial charge is 0.325 e. The van der Waals surface area contributed by atoms with Crippen LogP contribution in [0.4, 0.5) is 0 Å². The lowest BCUT2D eigenvalue weighted by molar-refractivity contribution is -0.152. The standard InChI is InChI=1S/C8H13NO4S/c10-7(11)8(9-3-1-4-9)2-5-14(12,13)6-8/h1-6H2,(H,10,11). The zero-order valence-electron chi connectivity index (χ0n) is 7.77. The van der Waals surface area contributed by atoms with Gasteiger partial charge < -0.3 is 5.11 Å². The summed E-state index contributed by atoms with van der Waals surface area (Å²) in [5.74, 6) is -1.19. The van der Waals surface area contributed by atoms with E-state index < -0.39 is 21.3 Å². The van der Waals surface area contributed by atoms with Gasteiger partial charge in [-0.2, -0.15) is 0 Å². The van der Waals surface area contributed by atoms with Crippen molar-refractivity contribution in [3.63, 3.8) is 0 Å². The summed E-state index contributed by atoms with van der Waals surface area (Å²) in [6.45, 7) is 1.42. The van der Waals surface area contributed by atoms with Gasteiger partial charge in [0, 0.05) is 13.1 Å². The minimum atomic E-state index is -3.14. The Bertz CT molecular complexity index is 360. The van der Waals surface area contributed by atoms with Crippen molar-refractivity contribution in [2.24, 2.45) is 0 Å². The molecule has 0 aliphatic carbocycles. The molecule has 1 unspecified atom stereocenters. The van der Waals surface area contributed by atoms with Crippen molar-refractivity contribution < 1.29 is 18.3 Å². The lowest BCUT2D eigenvalue weighted by Crippen LogP contribution is -2.60. The number of sulfone groups is 1. The first kappa shape index (κ1) is 9.92. The number of nitrogens with zero attached hydrogens (tertiary/aromatic N) is 1. The van der Waals surface area contributed by atoms with E-state index in [-0.39, 0.29) is 17.9 Å². The second-order valence-electron chi connectivity index (χ2n) is 4.02. The molecule has 2 aliphatic rings. The second-order valence-corrected chi connectivity index (χ2v) is 6.20. The predicted octanol–water partition coefficient (Wildman–Crippen LogP) is -0.666. The number of likely N-dealkylation sites (tertiary alicyclic amines) is 1. The number of carboxylic acid groups (broad SMARTS) is 1. The normalized spacial score (nSPS) is 36.6. The quantitative estimate of drug-likeness (QED) is 0.667. The van der Waals surface area contributed by atoms with Crippen LogP contribution in [0, 0.1) is 0 Å². The van der Waals surface area contributed by atoms with E-state index in [0.717, 1.165) is 6.42 Å². The number of aliphatic carboxylic acids is 1. The lowest BCUT2D eigenvalue weighted by Gasteiger charge is -2.42. The van der Waals surface area contributed by atoms with E-state index in [1.165, 1.54) is 0 Å². The van der Waals surface area contributed by atoms with Gasteiger partial charge in [-0.15, -0.1) is 0 Å². The van der Waals surface area contributed by atoms with Crippen LogP contribution in [0.2, 0.25) is 0 Å². The average Bonchev–Trinajstić information content (AvgIpc) is 2.24. The maximum atomic E-state index is 11.3. The number of hydrogen-bond donors (Lipinski definition) is 1. The lowest BCUT2D eigenvalue weighted by atomic mass is 9.93. The zero-order valence-corrected chi connectivity index (χ0v) is 8.59. The summed E-state index contributed by atoms with van der Waals surface area (Å²) in [5, 5.41) is 9.13. The Hall–Kier alpha value is -0.620. The van der Waals surface area contributed by atoms with Gasteiger partial charge in [0.2, 0.25) is 0 Å². The molecule has 2 rings (SSSR count). The van der Waals surface area contributed by atoms with Gasteiger partial charge in [0.1, 0.15) is 5.54 Å². The molecule has 2 saturated heterocycles. The van der Waals surface area contributed by atoms with E-state index in [4.69, 9.17) is 5.11 Å². The number of carbonyl (C=O) groups is 1. The summed E-state index contributed by atoms with van der Waals surface area (Å²) < 4.78 is 22.6. The van der Waals surface area contributed by atoms with Gasteiger partial charge in [0.25, 0.3) is 0 Å². The highest BCUT2D eigenvalue weighted by molar-refractivity contribution is 7.91. The third-order valence-corrected chi connectivity index (χ3v) is 4.89. The van der Waals surface area contributed by atoms with Crippen LogP contribution in [0.3, 0.4) is 0 Å². The Kier molecular flexibility index (Phi) is 2.08. The molecule has 0 aromatic carbocycles. The third kappa shape index (κ3) is 1.33. The SMILES string of the molecule is O=C(O)C1(N2CCC2)CCS(=O)(=O)C1. The highest BCUT2D eigenvalue weighted by Crippen LogP contribution is 2.33. The van der Waals surface area contributed by atoms with Gasteiger partial charge in [-0.3, -0.25) is 9.69 Å². The third-order valence-electron chi connectivity index (χ3n) is 3.14. The monoisotopic (exact) mass is 219 g/mol. The largest absolute Gasteiger partial charge is 0.480 e. The molecule has 2 aliphatic heterocycles. The number of rotatable bonds is 2. The molecule has 0 saturated carbocycles. The summed E-state index contributed by atoms with van der Waals surface area (Å²) in [4.78, 5) is 12.9. The van der Waals surface area contributed by atoms with E-state index in [9.17, 15) is 13.2 Å². The van der Waals surface area contributed by atoms with Crippen molar-refractivity contribution in [1.82, 2.24) is 4.90 Å². The molecule has 0 radical (unpaired) electrons. The highest BCUT2D eigenvalue weighted by atomic mass is 32.2. The van der Waals surface area contributed by atoms with E-state index in [1.807, 2.05) is 0 Å². The predicted molar refractivity (Wildman–Crippen MR) is 49.8 cm³/mol. The van der Waals surface area contributed by atoms with Crippen molar-refractivity contribution in [3.8, 4) is 0 Å². The van der Waals surface area contributed by atoms with Gasteiger partial charge in [0.05, 0.1) is 11.5 Å². The topological polar surface area (TPSA) is 74.7 Å². The maximum Gasteiger partial charge on any atom is 0.325 e. The Morgan fingerprint density at radius 3 is 2.29 bits per heavy atom. The van der Waals surface area contributed by atoms with Crippen LogP contribution in [0.5, 0.6) is 0 Å². The van der Waals surface area contributed by atoms with Gasteiger partial charge in [0.15, 0.2) is 9.84 Å². The zero-order chi connectivity index (χ0) is 10.4. The minimum absolute atomic E-state index is 0.00972. The van der Waals surface area contributed by atoms with Gasteiger partial charge >= 0.3 is 5.97 Å². The second kappa shape index (κ2) is 2.93. The van der Waals surface area contributed by atoms with E-state index >= 15 is 0 Å². The van der Waals surface area contributed by atoms with Crippen molar-refractivity contribution >= 4 is 15.8 Å². The van der Waals surface area contributed by atoms with Crippen LogP contribution in [-0.4, -0.2) is 54.5 Å². The van der Waals surface area contributed by atoms with Crippen LogP contribution in [-0.2, 0) is 14.6 Å². The molecule has 6 heteroatoms.